The van der Waals surface area contributed by atoms with Gasteiger partial charge >= 0.3 is 0 Å². The molecule has 21 heavy (non-hydrogen) atoms. The van der Waals surface area contributed by atoms with Crippen LogP contribution in [0.2, 0.25) is 0 Å². The largest absolute Gasteiger partial charge is 0.305 e. The van der Waals surface area contributed by atoms with Crippen molar-refractivity contribution in [3.05, 3.63) is 60.0 Å². The Morgan fingerprint density at radius 1 is 1.10 bits per heavy atom. The first-order valence-corrected chi connectivity index (χ1v) is 7.43. The van der Waals surface area contributed by atoms with Gasteiger partial charge in [0.25, 0.3) is 0 Å². The number of rotatable bonds is 5. The predicted octanol–water partition coefficient (Wildman–Crippen LogP) is 3.15. The SMILES string of the molecule is CCNC(c1cccc2cccnc12)c1ccnn1CC. The summed E-state index contributed by atoms with van der Waals surface area (Å²) < 4.78 is 2.04. The molecule has 0 amide bonds. The first-order chi connectivity index (χ1) is 10.3. The molecule has 4 nitrogen and oxygen atoms in total. The topological polar surface area (TPSA) is 42.7 Å². The lowest BCUT2D eigenvalue weighted by Crippen LogP contribution is -2.25. The number of hydrogen-bond acceptors (Lipinski definition) is 3. The van der Waals surface area contributed by atoms with E-state index in [0.717, 1.165) is 18.6 Å². The molecule has 1 aromatic carbocycles. The highest BCUT2D eigenvalue weighted by atomic mass is 15.3. The zero-order valence-electron chi connectivity index (χ0n) is 12.5. The summed E-state index contributed by atoms with van der Waals surface area (Å²) >= 11 is 0. The van der Waals surface area contributed by atoms with Crippen LogP contribution in [0.5, 0.6) is 0 Å². The summed E-state index contributed by atoms with van der Waals surface area (Å²) in [5.74, 6) is 0. The standard InChI is InChI=1S/C17H20N4/c1-3-18-17(15-10-12-20-21(15)4-2)14-9-5-7-13-8-6-11-19-16(13)14/h5-12,17-18H,3-4H2,1-2H3. The number of aromatic nitrogens is 3. The fourth-order valence-corrected chi connectivity index (χ4v) is 2.79. The van der Waals surface area contributed by atoms with Crippen LogP contribution in [-0.2, 0) is 6.54 Å². The van der Waals surface area contributed by atoms with E-state index < -0.39 is 0 Å². The van der Waals surface area contributed by atoms with E-state index in [9.17, 15) is 0 Å². The summed E-state index contributed by atoms with van der Waals surface area (Å²) in [5.41, 5.74) is 3.43. The first-order valence-electron chi connectivity index (χ1n) is 7.43. The number of aryl methyl sites for hydroxylation is 1. The maximum atomic E-state index is 4.58. The van der Waals surface area contributed by atoms with Crippen molar-refractivity contribution in [3.8, 4) is 0 Å². The van der Waals surface area contributed by atoms with Gasteiger partial charge in [0.1, 0.15) is 0 Å². The first kappa shape index (κ1) is 13.8. The molecule has 1 N–H and O–H groups in total. The number of para-hydroxylation sites is 1. The van der Waals surface area contributed by atoms with Crippen LogP contribution in [0.1, 0.15) is 31.1 Å². The number of hydrogen-bond donors (Lipinski definition) is 1. The van der Waals surface area contributed by atoms with E-state index in [1.165, 1.54) is 16.6 Å². The van der Waals surface area contributed by atoms with Crippen LogP contribution in [0.4, 0.5) is 0 Å². The van der Waals surface area contributed by atoms with Crippen LogP contribution in [0.3, 0.4) is 0 Å². The minimum atomic E-state index is 0.107. The maximum Gasteiger partial charge on any atom is 0.0769 e. The van der Waals surface area contributed by atoms with Crippen LogP contribution < -0.4 is 5.32 Å². The van der Waals surface area contributed by atoms with E-state index in [2.05, 4.69) is 59.6 Å². The van der Waals surface area contributed by atoms with E-state index >= 15 is 0 Å². The number of nitrogens with zero attached hydrogens (tertiary/aromatic N) is 3. The van der Waals surface area contributed by atoms with Crippen LogP contribution in [-0.4, -0.2) is 21.3 Å². The zero-order chi connectivity index (χ0) is 14.7. The number of nitrogens with one attached hydrogen (secondary N) is 1. The van der Waals surface area contributed by atoms with Crippen LogP contribution in [0.15, 0.2) is 48.8 Å². The molecule has 3 rings (SSSR count). The van der Waals surface area contributed by atoms with Crippen LogP contribution in [0.25, 0.3) is 10.9 Å². The molecular weight excluding hydrogens is 260 g/mol. The van der Waals surface area contributed by atoms with Gasteiger partial charge in [-0.05, 0) is 25.6 Å². The normalized spacial score (nSPS) is 12.7. The Kier molecular flexibility index (Phi) is 3.97. The van der Waals surface area contributed by atoms with Gasteiger partial charge < -0.3 is 5.32 Å². The second kappa shape index (κ2) is 6.06. The Labute approximate surface area is 124 Å². The van der Waals surface area contributed by atoms with Gasteiger partial charge in [0, 0.05) is 29.9 Å². The highest BCUT2D eigenvalue weighted by Crippen LogP contribution is 2.27. The second-order valence-electron chi connectivity index (χ2n) is 4.98. The molecule has 1 unspecified atom stereocenters. The summed E-state index contributed by atoms with van der Waals surface area (Å²) in [6.07, 6.45) is 3.72. The van der Waals surface area contributed by atoms with Gasteiger partial charge in [-0.3, -0.25) is 9.67 Å². The smallest absolute Gasteiger partial charge is 0.0769 e. The van der Waals surface area contributed by atoms with Gasteiger partial charge in [-0.1, -0.05) is 31.2 Å². The summed E-state index contributed by atoms with van der Waals surface area (Å²) in [5, 5.41) is 9.13. The van der Waals surface area contributed by atoms with Gasteiger partial charge in [0.2, 0.25) is 0 Å². The second-order valence-corrected chi connectivity index (χ2v) is 4.98. The van der Waals surface area contributed by atoms with Crippen molar-refractivity contribution < 1.29 is 0 Å². The monoisotopic (exact) mass is 280 g/mol. The van der Waals surface area contributed by atoms with Crippen molar-refractivity contribution in [2.24, 2.45) is 0 Å². The third-order valence-electron chi connectivity index (χ3n) is 3.73. The minimum Gasteiger partial charge on any atom is -0.305 e. The minimum absolute atomic E-state index is 0.107. The van der Waals surface area contributed by atoms with Gasteiger partial charge in [-0.15, -0.1) is 0 Å². The molecule has 0 saturated heterocycles. The van der Waals surface area contributed by atoms with Gasteiger partial charge in [0.05, 0.1) is 17.3 Å². The van der Waals surface area contributed by atoms with Crippen molar-refractivity contribution in [2.45, 2.75) is 26.4 Å². The average molecular weight is 280 g/mol. The van der Waals surface area contributed by atoms with Gasteiger partial charge in [0.15, 0.2) is 0 Å². The molecule has 4 heteroatoms. The Hall–Kier alpha value is -2.20. The van der Waals surface area contributed by atoms with Crippen LogP contribution >= 0.6 is 0 Å². The summed E-state index contributed by atoms with van der Waals surface area (Å²) in [6.45, 7) is 5.99. The lowest BCUT2D eigenvalue weighted by atomic mass is 10.00. The van der Waals surface area contributed by atoms with E-state index in [1.807, 2.05) is 23.1 Å². The van der Waals surface area contributed by atoms with E-state index in [-0.39, 0.29) is 6.04 Å². The summed E-state index contributed by atoms with van der Waals surface area (Å²) in [6, 6.07) is 12.6. The molecule has 0 aliphatic rings. The van der Waals surface area contributed by atoms with Gasteiger partial charge in [-0.2, -0.15) is 5.10 Å². The molecular formula is C17H20N4. The Morgan fingerprint density at radius 2 is 1.95 bits per heavy atom. The Bertz CT molecular complexity index is 727. The molecule has 0 saturated carbocycles. The van der Waals surface area contributed by atoms with Gasteiger partial charge in [-0.25, -0.2) is 0 Å². The molecule has 108 valence electrons. The fourth-order valence-electron chi connectivity index (χ4n) is 2.79. The summed E-state index contributed by atoms with van der Waals surface area (Å²) in [4.78, 5) is 4.58. The highest BCUT2D eigenvalue weighted by molar-refractivity contribution is 5.82. The lowest BCUT2D eigenvalue weighted by molar-refractivity contribution is 0.544. The highest BCUT2D eigenvalue weighted by Gasteiger charge is 2.19. The quantitative estimate of drug-likeness (QED) is 0.780. The zero-order valence-corrected chi connectivity index (χ0v) is 12.5. The maximum absolute atomic E-state index is 4.58. The number of pyridine rings is 1. The molecule has 0 bridgehead atoms. The summed E-state index contributed by atoms with van der Waals surface area (Å²) in [7, 11) is 0. The molecule has 2 aromatic heterocycles. The average Bonchev–Trinajstić information content (AvgIpc) is 3.00. The van der Waals surface area contributed by atoms with Crippen LogP contribution in [0, 0.1) is 0 Å². The Morgan fingerprint density at radius 3 is 2.76 bits per heavy atom. The molecule has 1 atom stereocenters. The molecule has 0 fully saturated rings. The molecule has 0 aliphatic heterocycles. The van der Waals surface area contributed by atoms with Crippen molar-refractivity contribution >= 4 is 10.9 Å². The lowest BCUT2D eigenvalue weighted by Gasteiger charge is -2.20. The molecule has 2 heterocycles. The van der Waals surface area contributed by atoms with Crippen molar-refractivity contribution in [1.29, 1.82) is 0 Å². The van der Waals surface area contributed by atoms with E-state index in [4.69, 9.17) is 0 Å². The van der Waals surface area contributed by atoms with Crippen molar-refractivity contribution in [1.82, 2.24) is 20.1 Å². The van der Waals surface area contributed by atoms with E-state index in [1.54, 1.807) is 0 Å². The third-order valence-corrected chi connectivity index (χ3v) is 3.73. The fraction of sp³-hybridized carbons (Fsp3) is 0.294. The van der Waals surface area contributed by atoms with E-state index in [0.29, 0.717) is 0 Å². The number of benzene rings is 1. The molecule has 3 aromatic rings. The molecule has 0 radical (unpaired) electrons. The Balaban J connectivity index is 2.16. The number of fused-ring (bicyclic) bond motifs is 1. The molecule has 0 spiro atoms. The van der Waals surface area contributed by atoms with Crippen molar-refractivity contribution in [3.63, 3.8) is 0 Å². The molecule has 0 aliphatic carbocycles. The third kappa shape index (κ3) is 2.54. The predicted molar refractivity (Wildman–Crippen MR) is 85.2 cm³/mol. The van der Waals surface area contributed by atoms with Crippen molar-refractivity contribution in [2.75, 3.05) is 6.54 Å².